The van der Waals surface area contributed by atoms with Crippen LogP contribution in [0.25, 0.3) is 0 Å². The number of ether oxygens (including phenoxy) is 4. The van der Waals surface area contributed by atoms with Crippen LogP contribution in [0.2, 0.25) is 5.28 Å². The van der Waals surface area contributed by atoms with E-state index in [1.54, 1.807) is 46.1 Å². The quantitative estimate of drug-likeness (QED) is 0.241. The predicted molar refractivity (Wildman–Crippen MR) is 163 cm³/mol. The lowest BCUT2D eigenvalue weighted by molar-refractivity contribution is -0.133. The van der Waals surface area contributed by atoms with Crippen LogP contribution >= 0.6 is 11.6 Å². The first-order valence-electron chi connectivity index (χ1n) is 14.4. The van der Waals surface area contributed by atoms with E-state index < -0.39 is 11.7 Å². The summed E-state index contributed by atoms with van der Waals surface area (Å²) in [4.78, 5) is 38.2. The Kier molecular flexibility index (Phi) is 10.7. The molecule has 0 N–H and O–H groups in total. The summed E-state index contributed by atoms with van der Waals surface area (Å²) in [7, 11) is 1.58. The summed E-state index contributed by atoms with van der Waals surface area (Å²) in [6.45, 7) is 8.89. The van der Waals surface area contributed by atoms with Crippen LogP contribution in [-0.4, -0.2) is 70.7 Å². The van der Waals surface area contributed by atoms with Crippen molar-refractivity contribution in [3.05, 3.63) is 71.1 Å². The minimum absolute atomic E-state index is 0.108. The molecule has 2 aromatic carbocycles. The van der Waals surface area contributed by atoms with Crippen LogP contribution in [0.15, 0.2) is 54.7 Å². The van der Waals surface area contributed by atoms with Gasteiger partial charge in [-0.2, -0.15) is 4.98 Å². The standard InChI is InChI=1S/C32H39ClN4O6/c1-6-41-27-18-25(40-5)13-12-24(27)20-37(31(39)43-32(2,3)4)21-29(38)36-16-8-10-23(19-36)22-9-7-11-26(17-22)42-28-14-15-34-30(33)35-28/h7,9,11-15,17-18,23H,6,8,10,16,19-21H2,1-5H3. The largest absolute Gasteiger partial charge is 0.497 e. The molecule has 2 heterocycles. The highest BCUT2D eigenvalue weighted by molar-refractivity contribution is 6.28. The number of carbonyl (C=O) groups is 2. The second kappa shape index (κ2) is 14.4. The number of carbonyl (C=O) groups excluding carboxylic acids is 2. The summed E-state index contributed by atoms with van der Waals surface area (Å²) in [6.07, 6.45) is 2.72. The zero-order chi connectivity index (χ0) is 31.0. The smallest absolute Gasteiger partial charge is 0.411 e. The lowest BCUT2D eigenvalue weighted by atomic mass is 9.90. The minimum Gasteiger partial charge on any atom is -0.497 e. The third-order valence-electron chi connectivity index (χ3n) is 6.84. The van der Waals surface area contributed by atoms with E-state index in [2.05, 4.69) is 9.97 Å². The van der Waals surface area contributed by atoms with Crippen molar-refractivity contribution >= 4 is 23.6 Å². The van der Waals surface area contributed by atoms with Crippen LogP contribution in [0.4, 0.5) is 4.79 Å². The van der Waals surface area contributed by atoms with Gasteiger partial charge in [-0.15, -0.1) is 0 Å². The molecule has 1 atom stereocenters. The number of likely N-dealkylation sites (tertiary alicyclic amines) is 1. The number of piperidine rings is 1. The maximum Gasteiger partial charge on any atom is 0.411 e. The number of amides is 2. The molecule has 0 aliphatic carbocycles. The molecule has 2 amide bonds. The summed E-state index contributed by atoms with van der Waals surface area (Å²) in [6, 6.07) is 14.8. The Morgan fingerprint density at radius 2 is 1.93 bits per heavy atom. The summed E-state index contributed by atoms with van der Waals surface area (Å²) in [5.41, 5.74) is 1.08. The number of halogens is 1. The summed E-state index contributed by atoms with van der Waals surface area (Å²) in [5, 5.41) is 0.108. The SMILES string of the molecule is CCOc1cc(OC)ccc1CN(CC(=O)N1CCCC(c2cccc(Oc3ccnc(Cl)n3)c2)C1)C(=O)OC(C)(C)C. The van der Waals surface area contributed by atoms with Crippen molar-refractivity contribution in [2.75, 3.05) is 33.4 Å². The van der Waals surface area contributed by atoms with Crippen molar-refractivity contribution in [1.29, 1.82) is 0 Å². The van der Waals surface area contributed by atoms with Gasteiger partial charge in [0, 0.05) is 42.9 Å². The van der Waals surface area contributed by atoms with Crippen LogP contribution < -0.4 is 14.2 Å². The molecule has 0 saturated carbocycles. The molecule has 43 heavy (non-hydrogen) atoms. The molecule has 4 rings (SSSR count). The first-order valence-corrected chi connectivity index (χ1v) is 14.7. The van der Waals surface area contributed by atoms with Crippen molar-refractivity contribution in [3.63, 3.8) is 0 Å². The lowest BCUT2D eigenvalue weighted by Gasteiger charge is -2.35. The van der Waals surface area contributed by atoms with Crippen LogP contribution in [0.1, 0.15) is 57.6 Å². The summed E-state index contributed by atoms with van der Waals surface area (Å²) >= 11 is 5.89. The van der Waals surface area contributed by atoms with Gasteiger partial charge in [0.2, 0.25) is 17.1 Å². The van der Waals surface area contributed by atoms with Gasteiger partial charge in [0.05, 0.1) is 20.3 Å². The van der Waals surface area contributed by atoms with Crippen LogP contribution in [-0.2, 0) is 16.1 Å². The normalized spacial score (nSPS) is 15.0. The number of hydrogen-bond donors (Lipinski definition) is 0. The average Bonchev–Trinajstić information content (AvgIpc) is 2.97. The summed E-state index contributed by atoms with van der Waals surface area (Å²) in [5.74, 6) is 2.16. The van der Waals surface area contributed by atoms with Gasteiger partial charge < -0.3 is 23.8 Å². The number of nitrogens with zero attached hydrogens (tertiary/aromatic N) is 4. The Balaban J connectivity index is 1.49. The Hall–Kier alpha value is -4.05. The molecule has 3 aromatic rings. The lowest BCUT2D eigenvalue weighted by Crippen LogP contribution is -2.47. The predicted octanol–water partition coefficient (Wildman–Crippen LogP) is 6.47. The van der Waals surface area contributed by atoms with E-state index in [0.717, 1.165) is 24.0 Å². The first-order chi connectivity index (χ1) is 20.5. The molecule has 230 valence electrons. The molecule has 1 unspecified atom stereocenters. The van der Waals surface area contributed by atoms with E-state index in [4.69, 9.17) is 30.5 Å². The van der Waals surface area contributed by atoms with Gasteiger partial charge in [0.1, 0.15) is 29.4 Å². The second-order valence-corrected chi connectivity index (χ2v) is 11.6. The number of methoxy groups -OCH3 is 1. The highest BCUT2D eigenvalue weighted by Crippen LogP contribution is 2.31. The van der Waals surface area contributed by atoms with Crippen molar-refractivity contribution in [3.8, 4) is 23.1 Å². The monoisotopic (exact) mass is 610 g/mol. The first kappa shape index (κ1) is 31.9. The zero-order valence-corrected chi connectivity index (χ0v) is 26.1. The average molecular weight is 611 g/mol. The molecule has 11 heteroatoms. The fraction of sp³-hybridized carbons (Fsp3) is 0.438. The van der Waals surface area contributed by atoms with Gasteiger partial charge in [-0.05, 0) is 82.0 Å². The maximum absolute atomic E-state index is 13.7. The van der Waals surface area contributed by atoms with Crippen LogP contribution in [0, 0.1) is 0 Å². The number of aromatic nitrogens is 2. The van der Waals surface area contributed by atoms with Gasteiger partial charge >= 0.3 is 6.09 Å². The fourth-order valence-corrected chi connectivity index (χ4v) is 5.01. The van der Waals surface area contributed by atoms with E-state index in [9.17, 15) is 9.59 Å². The molecule has 1 aliphatic heterocycles. The Morgan fingerprint density at radius 1 is 1.12 bits per heavy atom. The van der Waals surface area contributed by atoms with E-state index in [1.807, 2.05) is 42.2 Å². The number of rotatable bonds is 10. The fourth-order valence-electron chi connectivity index (χ4n) is 4.87. The van der Waals surface area contributed by atoms with Crippen molar-refractivity contribution in [2.24, 2.45) is 0 Å². The van der Waals surface area contributed by atoms with E-state index >= 15 is 0 Å². The highest BCUT2D eigenvalue weighted by atomic mass is 35.5. The number of hydrogen-bond acceptors (Lipinski definition) is 8. The molecule has 1 aliphatic rings. The Labute approximate surface area is 257 Å². The van der Waals surface area contributed by atoms with E-state index in [1.165, 1.54) is 11.1 Å². The Bertz CT molecular complexity index is 1410. The van der Waals surface area contributed by atoms with E-state index in [-0.39, 0.29) is 30.2 Å². The second-order valence-electron chi connectivity index (χ2n) is 11.3. The van der Waals surface area contributed by atoms with Crippen molar-refractivity contribution in [2.45, 2.75) is 58.6 Å². The van der Waals surface area contributed by atoms with Crippen LogP contribution in [0.3, 0.4) is 0 Å². The maximum atomic E-state index is 13.7. The van der Waals surface area contributed by atoms with Gasteiger partial charge in [-0.25, -0.2) is 9.78 Å². The molecule has 1 fully saturated rings. The van der Waals surface area contributed by atoms with Gasteiger partial charge in [-0.1, -0.05) is 12.1 Å². The minimum atomic E-state index is -0.721. The molecule has 0 bridgehead atoms. The highest BCUT2D eigenvalue weighted by Gasteiger charge is 2.30. The van der Waals surface area contributed by atoms with Crippen molar-refractivity contribution in [1.82, 2.24) is 19.8 Å². The van der Waals surface area contributed by atoms with Crippen molar-refractivity contribution < 1.29 is 28.5 Å². The third kappa shape index (κ3) is 9.22. The van der Waals surface area contributed by atoms with E-state index in [0.29, 0.717) is 42.8 Å². The molecule has 10 nitrogen and oxygen atoms in total. The molecule has 1 aromatic heterocycles. The number of benzene rings is 2. The topological polar surface area (TPSA) is 103 Å². The summed E-state index contributed by atoms with van der Waals surface area (Å²) < 4.78 is 22.7. The zero-order valence-electron chi connectivity index (χ0n) is 25.3. The molecule has 1 saturated heterocycles. The molecule has 0 radical (unpaired) electrons. The van der Waals surface area contributed by atoms with Gasteiger partial charge in [0.25, 0.3) is 0 Å². The molecular formula is C32H39ClN4O6. The molecule has 0 spiro atoms. The van der Waals surface area contributed by atoms with Crippen LogP contribution in [0.5, 0.6) is 23.1 Å². The van der Waals surface area contributed by atoms with Gasteiger partial charge in [0.15, 0.2) is 0 Å². The van der Waals surface area contributed by atoms with Gasteiger partial charge in [-0.3, -0.25) is 9.69 Å². The Morgan fingerprint density at radius 3 is 2.65 bits per heavy atom. The third-order valence-corrected chi connectivity index (χ3v) is 7.02. The molecular weight excluding hydrogens is 572 g/mol.